The first-order chi connectivity index (χ1) is 5.31. The Morgan fingerprint density at radius 3 is 2.09 bits per heavy atom. The molecule has 0 rings (SSSR count). The first-order valence-electron chi connectivity index (χ1n) is 4.96. The number of hydrogen-bond acceptors (Lipinski definition) is 0. The van der Waals surface area contributed by atoms with Gasteiger partial charge in [-0.3, -0.25) is 0 Å². The van der Waals surface area contributed by atoms with Crippen molar-refractivity contribution in [2.24, 2.45) is 0 Å². The van der Waals surface area contributed by atoms with E-state index in [4.69, 9.17) is 0 Å². The second kappa shape index (κ2) is 12.4. The van der Waals surface area contributed by atoms with Crippen molar-refractivity contribution in [1.29, 1.82) is 0 Å². The van der Waals surface area contributed by atoms with Gasteiger partial charge in [-0.25, -0.2) is 0 Å². The standard InChI is InChI=1S/C9H18.C2H6/c1-4-6-8-9(3)7-5-2;1-2/h7H,4-6,8H2,1-3H3;1-2H3/b9-7+;. The van der Waals surface area contributed by atoms with Crippen LogP contribution in [0, 0.1) is 0 Å². The van der Waals surface area contributed by atoms with Crippen LogP contribution >= 0.6 is 0 Å². The van der Waals surface area contributed by atoms with Crippen molar-refractivity contribution in [3.05, 3.63) is 11.6 Å². The molecule has 0 saturated carbocycles. The van der Waals surface area contributed by atoms with Crippen LogP contribution in [0.5, 0.6) is 0 Å². The van der Waals surface area contributed by atoms with Crippen LogP contribution in [-0.2, 0) is 0 Å². The van der Waals surface area contributed by atoms with Crippen molar-refractivity contribution < 1.29 is 0 Å². The third kappa shape index (κ3) is 12.8. The maximum absolute atomic E-state index is 2.32. The highest BCUT2D eigenvalue weighted by Gasteiger charge is 1.85. The van der Waals surface area contributed by atoms with E-state index >= 15 is 0 Å². The van der Waals surface area contributed by atoms with E-state index in [1.54, 1.807) is 5.57 Å². The SMILES string of the molecule is CC.CC/C=C(\C)CCCC. The van der Waals surface area contributed by atoms with E-state index in [2.05, 4.69) is 26.8 Å². The molecule has 0 heteroatoms. The highest BCUT2D eigenvalue weighted by atomic mass is 13.9. The first-order valence-corrected chi connectivity index (χ1v) is 4.96. The van der Waals surface area contributed by atoms with Crippen LogP contribution in [0.15, 0.2) is 11.6 Å². The summed E-state index contributed by atoms with van der Waals surface area (Å²) < 4.78 is 0. The van der Waals surface area contributed by atoms with Crippen molar-refractivity contribution in [1.82, 2.24) is 0 Å². The van der Waals surface area contributed by atoms with Crippen LogP contribution in [0.2, 0.25) is 0 Å². The van der Waals surface area contributed by atoms with Crippen molar-refractivity contribution in [3.8, 4) is 0 Å². The summed E-state index contributed by atoms with van der Waals surface area (Å²) in [6.45, 7) is 10.6. The van der Waals surface area contributed by atoms with Crippen LogP contribution < -0.4 is 0 Å². The molecule has 0 heterocycles. The van der Waals surface area contributed by atoms with E-state index < -0.39 is 0 Å². The topological polar surface area (TPSA) is 0 Å². The summed E-state index contributed by atoms with van der Waals surface area (Å²) in [6.07, 6.45) is 7.47. The minimum Gasteiger partial charge on any atom is -0.0859 e. The molecule has 0 aliphatic heterocycles. The zero-order valence-corrected chi connectivity index (χ0v) is 8.91. The second-order valence-corrected chi connectivity index (χ2v) is 2.56. The van der Waals surface area contributed by atoms with E-state index in [9.17, 15) is 0 Å². The van der Waals surface area contributed by atoms with Gasteiger partial charge in [-0.2, -0.15) is 0 Å². The summed E-state index contributed by atoms with van der Waals surface area (Å²) in [5.74, 6) is 0. The van der Waals surface area contributed by atoms with Gasteiger partial charge >= 0.3 is 0 Å². The largest absolute Gasteiger partial charge is 0.0859 e. The van der Waals surface area contributed by atoms with Gasteiger partial charge in [0.05, 0.1) is 0 Å². The van der Waals surface area contributed by atoms with Crippen molar-refractivity contribution in [3.63, 3.8) is 0 Å². The average molecular weight is 156 g/mol. The maximum Gasteiger partial charge on any atom is -0.0323 e. The van der Waals surface area contributed by atoms with Crippen LogP contribution in [0.4, 0.5) is 0 Å². The fourth-order valence-corrected chi connectivity index (χ4v) is 0.906. The number of unbranched alkanes of at least 4 members (excludes halogenated alkanes) is 1. The molecule has 68 valence electrons. The summed E-state index contributed by atoms with van der Waals surface area (Å²) in [5, 5.41) is 0. The van der Waals surface area contributed by atoms with Crippen LogP contribution in [0.25, 0.3) is 0 Å². The third-order valence-electron chi connectivity index (χ3n) is 1.48. The maximum atomic E-state index is 2.32. The van der Waals surface area contributed by atoms with Gasteiger partial charge in [-0.1, -0.05) is 45.8 Å². The molecular formula is C11H24. The molecule has 0 aromatic heterocycles. The number of hydrogen-bond donors (Lipinski definition) is 0. The predicted molar refractivity (Wildman–Crippen MR) is 54.9 cm³/mol. The Hall–Kier alpha value is -0.260. The molecule has 0 aromatic rings. The van der Waals surface area contributed by atoms with E-state index in [1.807, 2.05) is 13.8 Å². The number of allylic oxidation sites excluding steroid dienone is 2. The van der Waals surface area contributed by atoms with E-state index in [0.29, 0.717) is 0 Å². The lowest BCUT2D eigenvalue weighted by atomic mass is 10.1. The van der Waals surface area contributed by atoms with Crippen molar-refractivity contribution >= 4 is 0 Å². The smallest absolute Gasteiger partial charge is 0.0323 e. The molecule has 0 amide bonds. The molecule has 0 aliphatic rings. The predicted octanol–water partition coefficient (Wildman–Crippen LogP) is 4.56. The fraction of sp³-hybridized carbons (Fsp3) is 0.818. The van der Waals surface area contributed by atoms with Gasteiger partial charge in [0.2, 0.25) is 0 Å². The molecule has 0 spiro atoms. The van der Waals surface area contributed by atoms with Gasteiger partial charge in [-0.05, 0) is 26.2 Å². The average Bonchev–Trinajstić information content (AvgIpc) is 2.05. The quantitative estimate of drug-likeness (QED) is 0.523. The molecule has 0 N–H and O–H groups in total. The lowest BCUT2D eigenvalue weighted by molar-refractivity contribution is 0.784. The molecule has 0 nitrogen and oxygen atoms in total. The molecule has 0 aromatic carbocycles. The fourth-order valence-electron chi connectivity index (χ4n) is 0.906. The van der Waals surface area contributed by atoms with Gasteiger partial charge in [-0.15, -0.1) is 0 Å². The summed E-state index contributed by atoms with van der Waals surface area (Å²) in [5.41, 5.74) is 1.55. The van der Waals surface area contributed by atoms with Crippen molar-refractivity contribution in [2.45, 2.75) is 60.3 Å². The lowest BCUT2D eigenvalue weighted by Gasteiger charge is -1.96. The van der Waals surface area contributed by atoms with Crippen molar-refractivity contribution in [2.75, 3.05) is 0 Å². The Morgan fingerprint density at radius 2 is 1.73 bits per heavy atom. The Morgan fingerprint density at radius 1 is 1.18 bits per heavy atom. The molecule has 0 atom stereocenters. The van der Waals surface area contributed by atoms with Crippen LogP contribution in [0.3, 0.4) is 0 Å². The minimum atomic E-state index is 1.19. The van der Waals surface area contributed by atoms with Crippen LogP contribution in [-0.4, -0.2) is 0 Å². The molecule has 0 bridgehead atoms. The van der Waals surface area contributed by atoms with Gasteiger partial charge in [0.25, 0.3) is 0 Å². The second-order valence-electron chi connectivity index (χ2n) is 2.56. The van der Waals surface area contributed by atoms with Crippen LogP contribution in [0.1, 0.15) is 60.3 Å². The van der Waals surface area contributed by atoms with E-state index in [1.165, 1.54) is 25.7 Å². The highest BCUT2D eigenvalue weighted by molar-refractivity contribution is 4.96. The summed E-state index contributed by atoms with van der Waals surface area (Å²) in [4.78, 5) is 0. The molecule has 0 unspecified atom stereocenters. The summed E-state index contributed by atoms with van der Waals surface area (Å²) in [7, 11) is 0. The monoisotopic (exact) mass is 156 g/mol. The molecule has 0 fully saturated rings. The molecule has 0 aliphatic carbocycles. The Balaban J connectivity index is 0. The normalized spacial score (nSPS) is 10.5. The summed E-state index contributed by atoms with van der Waals surface area (Å²) in [6, 6.07) is 0. The van der Waals surface area contributed by atoms with E-state index in [0.717, 1.165) is 0 Å². The Labute approximate surface area is 72.7 Å². The first kappa shape index (κ1) is 13.3. The molecular weight excluding hydrogens is 132 g/mol. The third-order valence-corrected chi connectivity index (χ3v) is 1.48. The lowest BCUT2D eigenvalue weighted by Crippen LogP contribution is -1.75. The Bertz CT molecular complexity index is 80.0. The molecule has 0 radical (unpaired) electrons. The zero-order valence-electron chi connectivity index (χ0n) is 8.91. The van der Waals surface area contributed by atoms with E-state index in [-0.39, 0.29) is 0 Å². The molecule has 11 heavy (non-hydrogen) atoms. The zero-order chi connectivity index (χ0) is 9.11. The number of rotatable bonds is 4. The minimum absolute atomic E-state index is 1.19. The Kier molecular flexibility index (Phi) is 15.1. The van der Waals surface area contributed by atoms with Gasteiger partial charge in [0, 0.05) is 0 Å². The molecule has 0 saturated heterocycles. The van der Waals surface area contributed by atoms with Gasteiger partial charge in [0.1, 0.15) is 0 Å². The van der Waals surface area contributed by atoms with Gasteiger partial charge in [0.15, 0.2) is 0 Å². The highest BCUT2D eigenvalue weighted by Crippen LogP contribution is 2.05. The van der Waals surface area contributed by atoms with Gasteiger partial charge < -0.3 is 0 Å². The summed E-state index contributed by atoms with van der Waals surface area (Å²) >= 11 is 0.